The molecular formula is C73H145N2O6P. The first-order valence-corrected chi connectivity index (χ1v) is 38.2. The molecule has 3 atom stereocenters. The Morgan fingerprint density at radius 2 is 0.671 bits per heavy atom. The van der Waals surface area contributed by atoms with Crippen LogP contribution in [0.15, 0.2) is 24.3 Å². The maximum Gasteiger partial charge on any atom is 0.268 e. The Kier molecular flexibility index (Phi) is 63.7. The fraction of sp³-hybridized carbons (Fsp3) is 0.932. The molecule has 9 heteroatoms. The maximum absolute atomic E-state index is 13.0. The van der Waals surface area contributed by atoms with Gasteiger partial charge < -0.3 is 28.8 Å². The van der Waals surface area contributed by atoms with Gasteiger partial charge >= 0.3 is 0 Å². The van der Waals surface area contributed by atoms with Crippen molar-refractivity contribution in [3.8, 4) is 0 Å². The smallest absolute Gasteiger partial charge is 0.268 e. The van der Waals surface area contributed by atoms with Gasteiger partial charge in [-0.15, -0.1) is 0 Å². The van der Waals surface area contributed by atoms with Crippen molar-refractivity contribution in [3.63, 3.8) is 0 Å². The number of carbonyl (C=O) groups is 1. The molecule has 0 aromatic rings. The first-order valence-electron chi connectivity index (χ1n) is 36.7. The predicted octanol–water partition coefficient (Wildman–Crippen LogP) is 22.8. The lowest BCUT2D eigenvalue weighted by Crippen LogP contribution is -2.45. The molecule has 0 spiro atoms. The lowest BCUT2D eigenvalue weighted by molar-refractivity contribution is -0.870. The van der Waals surface area contributed by atoms with Gasteiger partial charge in [0.25, 0.3) is 7.82 Å². The summed E-state index contributed by atoms with van der Waals surface area (Å²) in [6.45, 7) is 4.72. The van der Waals surface area contributed by atoms with E-state index < -0.39 is 20.0 Å². The number of amides is 1. The monoisotopic (exact) mass is 1180 g/mol. The van der Waals surface area contributed by atoms with E-state index in [2.05, 4.69) is 31.3 Å². The highest BCUT2D eigenvalue weighted by Crippen LogP contribution is 2.38. The molecule has 1 amide bonds. The van der Waals surface area contributed by atoms with Crippen LogP contribution in [0, 0.1) is 0 Å². The minimum atomic E-state index is -4.60. The molecule has 0 saturated carbocycles. The summed E-state index contributed by atoms with van der Waals surface area (Å²) in [6.07, 6.45) is 84.6. The Morgan fingerprint density at radius 3 is 0.951 bits per heavy atom. The van der Waals surface area contributed by atoms with E-state index >= 15 is 0 Å². The highest BCUT2D eigenvalue weighted by molar-refractivity contribution is 7.45. The van der Waals surface area contributed by atoms with E-state index in [1.807, 2.05) is 27.2 Å². The number of likely N-dealkylation sites (N-methyl/N-ethyl adjacent to an activating group) is 1. The number of quaternary nitrogens is 1. The van der Waals surface area contributed by atoms with Crippen LogP contribution in [0.5, 0.6) is 0 Å². The molecule has 0 aliphatic carbocycles. The third-order valence-electron chi connectivity index (χ3n) is 17.2. The summed E-state index contributed by atoms with van der Waals surface area (Å²) in [7, 11) is 1.28. The Bertz CT molecular complexity index is 1390. The summed E-state index contributed by atoms with van der Waals surface area (Å²) < 4.78 is 23.5. The van der Waals surface area contributed by atoms with Crippen LogP contribution < -0.4 is 10.2 Å². The third kappa shape index (κ3) is 66.5. The Hall–Kier alpha value is -1.02. The zero-order valence-corrected chi connectivity index (χ0v) is 56.9. The number of allylic oxidation sites excluding steroid dienone is 3. The molecule has 0 fully saturated rings. The molecule has 0 saturated heterocycles. The van der Waals surface area contributed by atoms with Crippen molar-refractivity contribution in [2.24, 2.45) is 0 Å². The summed E-state index contributed by atoms with van der Waals surface area (Å²) in [5.41, 5.74) is 0. The number of phosphoric ester groups is 1. The second kappa shape index (κ2) is 64.5. The fourth-order valence-corrected chi connectivity index (χ4v) is 12.2. The normalized spacial score (nSPS) is 13.7. The van der Waals surface area contributed by atoms with Gasteiger partial charge in [-0.3, -0.25) is 9.36 Å². The topological polar surface area (TPSA) is 108 Å². The van der Waals surface area contributed by atoms with E-state index in [0.29, 0.717) is 17.4 Å². The molecule has 488 valence electrons. The van der Waals surface area contributed by atoms with Crippen LogP contribution in [-0.2, 0) is 18.4 Å². The summed E-state index contributed by atoms with van der Waals surface area (Å²) in [4.78, 5) is 25.6. The van der Waals surface area contributed by atoms with Crippen LogP contribution in [0.3, 0.4) is 0 Å². The number of carbonyl (C=O) groups excluding carboxylic acids is 1. The SMILES string of the molecule is CCCCCCCCCC/C=C\CCCCCCCCCCCCCCCCCCCCCCCCCC(=O)NC(COP(=O)([O-])OCC[N+](C)(C)C)C(O)/C=C/CCCCCCCCCCCCCCCCCCCCCCCCC. The third-order valence-corrected chi connectivity index (χ3v) is 18.1. The minimum Gasteiger partial charge on any atom is -0.756 e. The number of unbranched alkanes of at least 4 members (excludes halogenated alkanes) is 54. The van der Waals surface area contributed by atoms with Crippen LogP contribution in [-0.4, -0.2) is 68.5 Å². The van der Waals surface area contributed by atoms with E-state index in [1.165, 1.54) is 327 Å². The largest absolute Gasteiger partial charge is 0.756 e. The number of aliphatic hydroxyl groups excluding tert-OH is 1. The average Bonchev–Trinajstić information content (AvgIpc) is 3.45. The standard InChI is InChI=1S/C73H145N2O6P/c1-6-8-10-12-14-16-18-20-22-24-26-28-30-32-33-34-35-36-37-38-39-40-41-43-45-47-49-51-53-55-57-59-61-63-65-67-73(77)74-71(70-81-82(78,79)80-69-68-75(3,4)5)72(76)66-64-62-60-58-56-54-52-50-48-46-44-42-31-29-27-25-23-21-19-17-15-13-11-9-7-2/h24,26,64,66,71-72,76H,6-23,25,27-63,65,67-70H2,1-5H3,(H-,74,77,78,79)/b26-24-,66-64+. The van der Waals surface area contributed by atoms with Gasteiger partial charge in [-0.1, -0.05) is 359 Å². The second-order valence-electron chi connectivity index (χ2n) is 26.7. The first-order chi connectivity index (χ1) is 40.0. The lowest BCUT2D eigenvalue weighted by atomic mass is 10.0. The van der Waals surface area contributed by atoms with Crippen LogP contribution in [0.2, 0.25) is 0 Å². The van der Waals surface area contributed by atoms with Gasteiger partial charge in [-0.05, 0) is 44.9 Å². The van der Waals surface area contributed by atoms with Gasteiger partial charge in [0, 0.05) is 6.42 Å². The van der Waals surface area contributed by atoms with Gasteiger partial charge in [0.1, 0.15) is 13.2 Å². The van der Waals surface area contributed by atoms with Crippen molar-refractivity contribution in [1.82, 2.24) is 5.32 Å². The molecule has 0 aromatic carbocycles. The van der Waals surface area contributed by atoms with Crippen molar-refractivity contribution in [2.75, 3.05) is 40.9 Å². The maximum atomic E-state index is 13.0. The van der Waals surface area contributed by atoms with Gasteiger partial charge in [-0.2, -0.15) is 0 Å². The molecule has 2 N–H and O–H groups in total. The molecule has 3 unspecified atom stereocenters. The Balaban J connectivity index is 3.97. The number of nitrogens with one attached hydrogen (secondary N) is 1. The Morgan fingerprint density at radius 1 is 0.415 bits per heavy atom. The van der Waals surface area contributed by atoms with Crippen molar-refractivity contribution < 1.29 is 32.9 Å². The molecule has 0 heterocycles. The number of nitrogens with zero attached hydrogens (tertiary/aromatic N) is 1. The van der Waals surface area contributed by atoms with E-state index in [4.69, 9.17) is 9.05 Å². The minimum absolute atomic E-state index is 0.00221. The molecule has 8 nitrogen and oxygen atoms in total. The van der Waals surface area contributed by atoms with Gasteiger partial charge in [0.2, 0.25) is 5.91 Å². The molecule has 0 aliphatic heterocycles. The van der Waals surface area contributed by atoms with Crippen molar-refractivity contribution in [1.29, 1.82) is 0 Å². The number of phosphoric acid groups is 1. The number of hydrogen-bond donors (Lipinski definition) is 2. The highest BCUT2D eigenvalue weighted by Gasteiger charge is 2.23. The zero-order valence-electron chi connectivity index (χ0n) is 56.0. The van der Waals surface area contributed by atoms with Crippen LogP contribution in [0.25, 0.3) is 0 Å². The quantitative estimate of drug-likeness (QED) is 0.0272. The number of rotatable bonds is 69. The molecule has 0 aromatic heterocycles. The predicted molar refractivity (Wildman–Crippen MR) is 358 cm³/mol. The van der Waals surface area contributed by atoms with E-state index in [9.17, 15) is 19.4 Å². The second-order valence-corrected chi connectivity index (χ2v) is 28.1. The number of aliphatic hydroxyl groups is 1. The average molecular weight is 1180 g/mol. The fourth-order valence-electron chi connectivity index (χ4n) is 11.4. The summed E-state index contributed by atoms with van der Waals surface area (Å²) in [5, 5.41) is 14.0. The Labute approximate surface area is 513 Å². The van der Waals surface area contributed by atoms with Crippen molar-refractivity contribution in [3.05, 3.63) is 24.3 Å². The molecular weight excluding hydrogens is 1030 g/mol. The van der Waals surface area contributed by atoms with Gasteiger partial charge in [0.15, 0.2) is 0 Å². The lowest BCUT2D eigenvalue weighted by Gasteiger charge is -2.29. The zero-order chi connectivity index (χ0) is 59.8. The highest BCUT2D eigenvalue weighted by atomic mass is 31.2. The van der Waals surface area contributed by atoms with Crippen LogP contribution in [0.1, 0.15) is 386 Å². The van der Waals surface area contributed by atoms with Crippen molar-refractivity contribution >= 4 is 13.7 Å². The van der Waals surface area contributed by atoms with E-state index in [-0.39, 0.29) is 19.1 Å². The number of hydrogen-bond acceptors (Lipinski definition) is 6. The van der Waals surface area contributed by atoms with E-state index in [0.717, 1.165) is 38.5 Å². The molecule has 0 aliphatic rings. The summed E-state index contributed by atoms with van der Waals surface area (Å²) >= 11 is 0. The molecule has 82 heavy (non-hydrogen) atoms. The van der Waals surface area contributed by atoms with Crippen LogP contribution in [0.4, 0.5) is 0 Å². The van der Waals surface area contributed by atoms with E-state index in [1.54, 1.807) is 6.08 Å². The summed E-state index contributed by atoms with van der Waals surface area (Å²) in [6, 6.07) is -0.885. The molecule has 0 bridgehead atoms. The molecule has 0 radical (unpaired) electrons. The van der Waals surface area contributed by atoms with Crippen molar-refractivity contribution in [2.45, 2.75) is 398 Å². The van der Waals surface area contributed by atoms with Gasteiger partial charge in [-0.25, -0.2) is 0 Å². The summed E-state index contributed by atoms with van der Waals surface area (Å²) in [5.74, 6) is -0.188. The molecule has 0 rings (SSSR count). The van der Waals surface area contributed by atoms with Crippen LogP contribution >= 0.6 is 7.82 Å². The first kappa shape index (κ1) is 81.0. The van der Waals surface area contributed by atoms with Gasteiger partial charge in [0.05, 0.1) is 39.9 Å².